The molecule has 0 spiro atoms. The molecule has 4 saturated carbocycles. The highest BCUT2D eigenvalue weighted by molar-refractivity contribution is 8.00. The number of methoxy groups -OCH3 is 1. The van der Waals surface area contributed by atoms with Gasteiger partial charge in [-0.15, -0.1) is 10.2 Å². The van der Waals surface area contributed by atoms with E-state index in [1.807, 2.05) is 23.6 Å². The van der Waals surface area contributed by atoms with Crippen molar-refractivity contribution < 1.29 is 9.53 Å². The van der Waals surface area contributed by atoms with Crippen LogP contribution in [0.5, 0.6) is 0 Å². The number of nitrogens with one attached hydrogen (secondary N) is 1. The maximum atomic E-state index is 13.2. The molecule has 2 aromatic rings. The lowest BCUT2D eigenvalue weighted by Crippen LogP contribution is -2.60. The molecule has 0 aromatic carbocycles. The first-order valence-electron chi connectivity index (χ1n) is 11.4. The molecule has 0 radical (unpaired) electrons. The van der Waals surface area contributed by atoms with Gasteiger partial charge in [0.2, 0.25) is 5.91 Å². The van der Waals surface area contributed by atoms with Crippen LogP contribution in [-0.4, -0.2) is 50.2 Å². The summed E-state index contributed by atoms with van der Waals surface area (Å²) in [4.78, 5) is 17.3. The normalized spacial score (nSPS) is 29.8. The van der Waals surface area contributed by atoms with Crippen LogP contribution in [0.4, 0.5) is 0 Å². The highest BCUT2D eigenvalue weighted by Crippen LogP contribution is 2.55. The summed E-state index contributed by atoms with van der Waals surface area (Å²) in [5.41, 5.74) is 0.989. The zero-order valence-corrected chi connectivity index (χ0v) is 19.1. The molecule has 1 unspecified atom stereocenters. The van der Waals surface area contributed by atoms with E-state index >= 15 is 0 Å². The number of rotatable bonds is 8. The number of ether oxygens (including phenoxy) is 1. The van der Waals surface area contributed by atoms with Gasteiger partial charge in [0.05, 0.1) is 18.4 Å². The van der Waals surface area contributed by atoms with E-state index in [1.54, 1.807) is 19.5 Å². The zero-order valence-electron chi connectivity index (χ0n) is 18.3. The van der Waals surface area contributed by atoms with Gasteiger partial charge in [-0.3, -0.25) is 14.3 Å². The van der Waals surface area contributed by atoms with Crippen LogP contribution in [-0.2, 0) is 16.1 Å². The van der Waals surface area contributed by atoms with Crippen molar-refractivity contribution in [2.75, 3.05) is 13.7 Å². The Morgan fingerprint density at radius 3 is 2.45 bits per heavy atom. The summed E-state index contributed by atoms with van der Waals surface area (Å²) in [5.74, 6) is 3.34. The summed E-state index contributed by atoms with van der Waals surface area (Å²) in [6, 6.07) is 3.84. The minimum Gasteiger partial charge on any atom is -0.383 e. The highest BCUT2D eigenvalue weighted by Gasteiger charge is 2.51. The number of hydrogen-bond donors (Lipinski definition) is 1. The number of amides is 1. The van der Waals surface area contributed by atoms with Crippen LogP contribution in [0.25, 0.3) is 11.4 Å². The molecule has 0 saturated heterocycles. The van der Waals surface area contributed by atoms with Crippen molar-refractivity contribution in [1.29, 1.82) is 0 Å². The number of carbonyl (C=O) groups excluding carboxylic acids is 1. The summed E-state index contributed by atoms with van der Waals surface area (Å²) < 4.78 is 7.33. The Labute approximate surface area is 187 Å². The minimum atomic E-state index is -0.233. The lowest BCUT2D eigenvalue weighted by atomic mass is 9.53. The Kier molecular flexibility index (Phi) is 5.77. The molecule has 31 heavy (non-hydrogen) atoms. The second-order valence-electron chi connectivity index (χ2n) is 9.63. The van der Waals surface area contributed by atoms with Crippen molar-refractivity contribution in [3.63, 3.8) is 0 Å². The fraction of sp³-hybridized carbons (Fsp3) is 0.652. The van der Waals surface area contributed by atoms with Gasteiger partial charge in [0.15, 0.2) is 11.0 Å². The van der Waals surface area contributed by atoms with Crippen LogP contribution in [0.1, 0.15) is 45.4 Å². The first-order valence-corrected chi connectivity index (χ1v) is 12.2. The van der Waals surface area contributed by atoms with Gasteiger partial charge in [-0.1, -0.05) is 11.8 Å². The summed E-state index contributed by atoms with van der Waals surface area (Å²) in [5, 5.41) is 12.8. The number of aromatic nitrogens is 4. The predicted octanol–water partition coefficient (Wildman–Crippen LogP) is 3.55. The minimum absolute atomic E-state index is 0.0343. The van der Waals surface area contributed by atoms with E-state index in [0.29, 0.717) is 13.2 Å². The molecule has 4 aliphatic rings. The Hall–Kier alpha value is -1.93. The van der Waals surface area contributed by atoms with Gasteiger partial charge in [-0.2, -0.15) is 0 Å². The van der Waals surface area contributed by atoms with Crippen molar-refractivity contribution in [3.8, 4) is 11.4 Å². The second kappa shape index (κ2) is 8.54. The van der Waals surface area contributed by atoms with E-state index in [0.717, 1.165) is 34.3 Å². The molecule has 4 bridgehead atoms. The topological polar surface area (TPSA) is 81.9 Å². The maximum absolute atomic E-state index is 13.2. The molecule has 4 fully saturated rings. The Balaban J connectivity index is 1.30. The SMILES string of the molecule is COCCn1c(SC(C)C(=O)NC23CC4CC(CC(C4)C2)C3)nnc1-c1ccncc1. The lowest BCUT2D eigenvalue weighted by molar-refractivity contribution is -0.126. The third-order valence-corrected chi connectivity index (χ3v) is 8.33. The standard InChI is InChI=1S/C23H31N5O2S/c1-15(21(29)25-23-12-16-9-17(13-23)11-18(10-16)14-23)31-22-27-26-20(28(22)7-8-30-2)19-3-5-24-6-4-19/h3-6,15-18H,7-14H2,1-2H3,(H,25,29). The average Bonchev–Trinajstić information content (AvgIpc) is 3.13. The molecule has 0 aliphatic heterocycles. The van der Waals surface area contributed by atoms with Gasteiger partial charge in [0.1, 0.15) is 0 Å². The monoisotopic (exact) mass is 441 g/mol. The van der Waals surface area contributed by atoms with E-state index in [-0.39, 0.29) is 16.7 Å². The lowest BCUT2D eigenvalue weighted by Gasteiger charge is -2.57. The van der Waals surface area contributed by atoms with E-state index in [4.69, 9.17) is 4.74 Å². The van der Waals surface area contributed by atoms with Crippen LogP contribution in [0.2, 0.25) is 0 Å². The summed E-state index contributed by atoms with van der Waals surface area (Å²) in [6.45, 7) is 3.16. The summed E-state index contributed by atoms with van der Waals surface area (Å²) >= 11 is 1.48. The third kappa shape index (κ3) is 4.24. The molecule has 1 N–H and O–H groups in total. The van der Waals surface area contributed by atoms with Gasteiger partial charge in [0, 0.05) is 30.6 Å². The van der Waals surface area contributed by atoms with Gasteiger partial charge < -0.3 is 10.1 Å². The van der Waals surface area contributed by atoms with Crippen LogP contribution >= 0.6 is 11.8 Å². The first-order chi connectivity index (χ1) is 15.0. The number of thioether (sulfide) groups is 1. The van der Waals surface area contributed by atoms with Gasteiger partial charge >= 0.3 is 0 Å². The maximum Gasteiger partial charge on any atom is 0.233 e. The molecule has 6 rings (SSSR count). The van der Waals surface area contributed by atoms with Crippen LogP contribution in [0, 0.1) is 17.8 Å². The fourth-order valence-corrected chi connectivity index (χ4v) is 7.19. The number of carbonyl (C=O) groups is 1. The number of hydrogen-bond acceptors (Lipinski definition) is 6. The molecule has 7 nitrogen and oxygen atoms in total. The molecular formula is C23H31N5O2S. The number of nitrogens with zero attached hydrogens (tertiary/aromatic N) is 4. The van der Waals surface area contributed by atoms with Crippen molar-refractivity contribution in [1.82, 2.24) is 25.1 Å². The average molecular weight is 442 g/mol. The van der Waals surface area contributed by atoms with E-state index in [2.05, 4.69) is 20.5 Å². The summed E-state index contributed by atoms with van der Waals surface area (Å²) in [7, 11) is 1.69. The van der Waals surface area contributed by atoms with Crippen molar-refractivity contribution in [2.45, 2.75) is 67.9 Å². The van der Waals surface area contributed by atoms with Crippen molar-refractivity contribution in [2.24, 2.45) is 17.8 Å². The fourth-order valence-electron chi connectivity index (χ4n) is 6.31. The van der Waals surface area contributed by atoms with Crippen molar-refractivity contribution >= 4 is 17.7 Å². The van der Waals surface area contributed by atoms with Crippen molar-refractivity contribution in [3.05, 3.63) is 24.5 Å². The summed E-state index contributed by atoms with van der Waals surface area (Å²) in [6.07, 6.45) is 11.1. The van der Waals surface area contributed by atoms with Crippen LogP contribution in [0.15, 0.2) is 29.7 Å². The third-order valence-electron chi connectivity index (χ3n) is 7.25. The molecule has 8 heteroatoms. The Morgan fingerprint density at radius 1 is 1.19 bits per heavy atom. The van der Waals surface area contributed by atoms with E-state index in [9.17, 15) is 4.79 Å². The largest absolute Gasteiger partial charge is 0.383 e. The molecule has 2 heterocycles. The highest BCUT2D eigenvalue weighted by atomic mass is 32.2. The molecule has 2 aromatic heterocycles. The molecule has 1 atom stereocenters. The van der Waals surface area contributed by atoms with E-state index in [1.165, 1.54) is 50.3 Å². The quantitative estimate of drug-likeness (QED) is 0.631. The molecule has 166 valence electrons. The first kappa shape index (κ1) is 20.9. The second-order valence-corrected chi connectivity index (χ2v) is 10.9. The molecule has 4 aliphatic carbocycles. The number of pyridine rings is 1. The molecule has 1 amide bonds. The van der Waals surface area contributed by atoms with Crippen LogP contribution < -0.4 is 5.32 Å². The predicted molar refractivity (Wildman–Crippen MR) is 119 cm³/mol. The smallest absolute Gasteiger partial charge is 0.233 e. The van der Waals surface area contributed by atoms with Crippen LogP contribution in [0.3, 0.4) is 0 Å². The Morgan fingerprint density at radius 2 is 1.84 bits per heavy atom. The van der Waals surface area contributed by atoms with Gasteiger partial charge in [0.25, 0.3) is 0 Å². The van der Waals surface area contributed by atoms with Gasteiger partial charge in [-0.05, 0) is 75.3 Å². The van der Waals surface area contributed by atoms with Gasteiger partial charge in [-0.25, -0.2) is 0 Å². The Bertz CT molecular complexity index is 896. The molecular weight excluding hydrogens is 410 g/mol. The zero-order chi connectivity index (χ0) is 21.4. The van der Waals surface area contributed by atoms with E-state index < -0.39 is 0 Å².